The van der Waals surface area contributed by atoms with Gasteiger partial charge in [-0.15, -0.1) is 0 Å². The predicted octanol–water partition coefficient (Wildman–Crippen LogP) is 2.11. The van der Waals surface area contributed by atoms with Crippen molar-refractivity contribution in [3.63, 3.8) is 0 Å². The highest BCUT2D eigenvalue weighted by Crippen LogP contribution is 2.30. The summed E-state index contributed by atoms with van der Waals surface area (Å²) in [6, 6.07) is 10.2. The number of hydrogen-bond acceptors (Lipinski definition) is 4. The minimum absolute atomic E-state index is 0.0822. The smallest absolute Gasteiger partial charge is 0.317 e. The number of phenols is 1. The van der Waals surface area contributed by atoms with Gasteiger partial charge in [-0.1, -0.05) is 12.1 Å². The maximum atomic E-state index is 12.7. The van der Waals surface area contributed by atoms with Crippen LogP contribution in [0.25, 0.3) is 0 Å². The van der Waals surface area contributed by atoms with E-state index in [-0.39, 0.29) is 35.4 Å². The molecular formula is C20H23N3O4. The molecule has 0 aliphatic carbocycles. The van der Waals surface area contributed by atoms with Gasteiger partial charge < -0.3 is 25.0 Å². The zero-order valence-corrected chi connectivity index (χ0v) is 14.9. The van der Waals surface area contributed by atoms with Crippen LogP contribution >= 0.6 is 0 Å². The van der Waals surface area contributed by atoms with Crippen molar-refractivity contribution >= 4 is 6.03 Å². The predicted molar refractivity (Wildman–Crippen MR) is 99.7 cm³/mol. The molecule has 7 heteroatoms. The number of carbonyl (C=O) groups is 1. The van der Waals surface area contributed by atoms with Crippen molar-refractivity contribution in [1.29, 1.82) is 0 Å². The van der Waals surface area contributed by atoms with Gasteiger partial charge in [-0.05, 0) is 42.2 Å². The molecule has 4 rings (SSSR count). The monoisotopic (exact) mass is 369 g/mol. The summed E-state index contributed by atoms with van der Waals surface area (Å²) in [7, 11) is 0. The fourth-order valence-corrected chi connectivity index (χ4v) is 3.88. The molecule has 3 N–H and O–H groups in total. The summed E-state index contributed by atoms with van der Waals surface area (Å²) in [6.45, 7) is 1.94. The Bertz CT molecular complexity index is 844. The van der Waals surface area contributed by atoms with E-state index in [1.54, 1.807) is 24.4 Å². The van der Waals surface area contributed by atoms with Crippen LogP contribution in [0.2, 0.25) is 0 Å². The van der Waals surface area contributed by atoms with Gasteiger partial charge in [-0.25, -0.2) is 4.79 Å². The van der Waals surface area contributed by atoms with E-state index in [4.69, 9.17) is 4.74 Å². The largest absolute Gasteiger partial charge is 0.508 e. The number of urea groups is 1. The Kier molecular flexibility index (Phi) is 4.85. The summed E-state index contributed by atoms with van der Waals surface area (Å²) in [5.41, 5.74) is 1.84. The summed E-state index contributed by atoms with van der Waals surface area (Å²) in [5.74, 6) is 0.534. The standard InChI is InChI=1S/C20H23N3O4/c24-16-4-1-13(2-5-16)15-7-9-23(12-15)20(26)22-17-8-10-27-19(17)14-3-6-18(25)21-11-14/h1-6,11,15,17,19,24H,7-10,12H2,(H,21,25)(H,22,26)/t15?,17-,19+/m1/s1. The van der Waals surface area contributed by atoms with Crippen LogP contribution in [0.15, 0.2) is 47.4 Å². The normalized spacial score (nSPS) is 24.9. The van der Waals surface area contributed by atoms with E-state index in [0.717, 1.165) is 24.0 Å². The molecule has 0 radical (unpaired) electrons. The van der Waals surface area contributed by atoms with Gasteiger partial charge in [-0.3, -0.25) is 4.79 Å². The number of nitrogens with one attached hydrogen (secondary N) is 2. The highest BCUT2D eigenvalue weighted by molar-refractivity contribution is 5.75. The van der Waals surface area contributed by atoms with Crippen molar-refractivity contribution in [2.45, 2.75) is 30.9 Å². The van der Waals surface area contributed by atoms with Gasteiger partial charge in [0.1, 0.15) is 11.9 Å². The van der Waals surface area contributed by atoms with Gasteiger partial charge in [-0.2, -0.15) is 0 Å². The number of aromatic hydroxyl groups is 1. The van der Waals surface area contributed by atoms with E-state index in [2.05, 4.69) is 10.3 Å². The van der Waals surface area contributed by atoms with Crippen LogP contribution in [0.4, 0.5) is 4.79 Å². The summed E-state index contributed by atoms with van der Waals surface area (Å²) in [4.78, 5) is 28.5. The zero-order valence-electron chi connectivity index (χ0n) is 14.9. The molecule has 2 aliphatic heterocycles. The summed E-state index contributed by atoms with van der Waals surface area (Å²) < 4.78 is 5.78. The Morgan fingerprint density at radius 2 is 1.93 bits per heavy atom. The number of aromatic amines is 1. The highest BCUT2D eigenvalue weighted by atomic mass is 16.5. The molecular weight excluding hydrogens is 346 g/mol. The molecule has 142 valence electrons. The molecule has 1 aromatic carbocycles. The fraction of sp³-hybridized carbons (Fsp3) is 0.400. The number of amides is 2. The Hall–Kier alpha value is -2.80. The average molecular weight is 369 g/mol. The molecule has 1 aromatic heterocycles. The number of nitrogens with zero attached hydrogens (tertiary/aromatic N) is 1. The quantitative estimate of drug-likeness (QED) is 0.772. The molecule has 2 fully saturated rings. The lowest BCUT2D eigenvalue weighted by Crippen LogP contribution is -2.44. The van der Waals surface area contributed by atoms with Crippen molar-refractivity contribution in [3.05, 3.63) is 64.1 Å². The number of likely N-dealkylation sites (tertiary alicyclic amines) is 1. The zero-order chi connectivity index (χ0) is 18.8. The first-order valence-corrected chi connectivity index (χ1v) is 9.25. The van der Waals surface area contributed by atoms with Crippen molar-refractivity contribution in [1.82, 2.24) is 15.2 Å². The molecule has 2 saturated heterocycles. The number of phenolic OH excluding ortho intramolecular Hbond substituents is 1. The maximum absolute atomic E-state index is 12.7. The molecule has 1 unspecified atom stereocenters. The molecule has 2 amide bonds. The first kappa shape index (κ1) is 17.6. The fourth-order valence-electron chi connectivity index (χ4n) is 3.88. The second kappa shape index (κ2) is 7.44. The molecule has 3 heterocycles. The number of H-pyrrole nitrogens is 1. The molecule has 3 atom stereocenters. The van der Waals surface area contributed by atoms with Gasteiger partial charge in [0.25, 0.3) is 0 Å². The van der Waals surface area contributed by atoms with Crippen molar-refractivity contribution in [3.8, 4) is 5.75 Å². The van der Waals surface area contributed by atoms with Crippen LogP contribution < -0.4 is 10.9 Å². The van der Waals surface area contributed by atoms with Gasteiger partial charge in [0, 0.05) is 37.9 Å². The van der Waals surface area contributed by atoms with Gasteiger partial charge in [0.2, 0.25) is 5.56 Å². The number of carbonyl (C=O) groups excluding carboxylic acids is 1. The van der Waals surface area contributed by atoms with E-state index in [1.165, 1.54) is 6.07 Å². The molecule has 2 aliphatic rings. The van der Waals surface area contributed by atoms with E-state index in [9.17, 15) is 14.7 Å². The van der Waals surface area contributed by atoms with E-state index < -0.39 is 0 Å². The Morgan fingerprint density at radius 3 is 2.67 bits per heavy atom. The Morgan fingerprint density at radius 1 is 1.15 bits per heavy atom. The lowest BCUT2D eigenvalue weighted by Gasteiger charge is -2.24. The lowest BCUT2D eigenvalue weighted by atomic mass is 9.98. The highest BCUT2D eigenvalue weighted by Gasteiger charge is 2.34. The van der Waals surface area contributed by atoms with Crippen LogP contribution in [0.5, 0.6) is 5.75 Å². The first-order valence-electron chi connectivity index (χ1n) is 9.25. The third kappa shape index (κ3) is 3.83. The third-order valence-corrected chi connectivity index (χ3v) is 5.38. The molecule has 2 aromatic rings. The molecule has 0 bridgehead atoms. The number of benzene rings is 1. The third-order valence-electron chi connectivity index (χ3n) is 5.38. The van der Waals surface area contributed by atoms with Crippen LogP contribution in [0.3, 0.4) is 0 Å². The van der Waals surface area contributed by atoms with E-state index in [1.807, 2.05) is 17.0 Å². The lowest BCUT2D eigenvalue weighted by molar-refractivity contribution is 0.0982. The SMILES string of the molecule is O=C(N[C@@H]1CCO[C@H]1c1ccc(=O)[nH]c1)N1CCC(c2ccc(O)cc2)C1. The second-order valence-electron chi connectivity index (χ2n) is 7.15. The minimum atomic E-state index is -0.249. The van der Waals surface area contributed by atoms with E-state index in [0.29, 0.717) is 19.7 Å². The molecule has 27 heavy (non-hydrogen) atoms. The van der Waals surface area contributed by atoms with Gasteiger partial charge >= 0.3 is 6.03 Å². The second-order valence-corrected chi connectivity index (χ2v) is 7.15. The van der Waals surface area contributed by atoms with Gasteiger partial charge in [0.15, 0.2) is 0 Å². The first-order chi connectivity index (χ1) is 13.1. The van der Waals surface area contributed by atoms with Gasteiger partial charge in [0.05, 0.1) is 6.04 Å². The topological polar surface area (TPSA) is 94.7 Å². The number of ether oxygens (including phenoxy) is 1. The van der Waals surface area contributed by atoms with Crippen LogP contribution in [0.1, 0.15) is 36.0 Å². The van der Waals surface area contributed by atoms with Crippen molar-refractivity contribution in [2.75, 3.05) is 19.7 Å². The molecule has 0 spiro atoms. The number of pyridine rings is 1. The van der Waals surface area contributed by atoms with Crippen LogP contribution in [0, 0.1) is 0 Å². The Balaban J connectivity index is 1.38. The van der Waals surface area contributed by atoms with Crippen LogP contribution in [-0.4, -0.2) is 46.8 Å². The average Bonchev–Trinajstić information content (AvgIpc) is 3.33. The number of hydrogen-bond donors (Lipinski definition) is 3. The number of rotatable bonds is 3. The molecule has 0 saturated carbocycles. The van der Waals surface area contributed by atoms with E-state index >= 15 is 0 Å². The Labute approximate surface area is 157 Å². The maximum Gasteiger partial charge on any atom is 0.317 e. The van der Waals surface area contributed by atoms with Crippen molar-refractivity contribution in [2.24, 2.45) is 0 Å². The van der Waals surface area contributed by atoms with Crippen molar-refractivity contribution < 1.29 is 14.6 Å². The summed E-state index contributed by atoms with van der Waals surface area (Å²) >= 11 is 0. The minimum Gasteiger partial charge on any atom is -0.508 e. The van der Waals surface area contributed by atoms with Crippen LogP contribution in [-0.2, 0) is 4.74 Å². The number of aromatic nitrogens is 1. The summed E-state index contributed by atoms with van der Waals surface area (Å²) in [5, 5.41) is 12.5. The summed E-state index contributed by atoms with van der Waals surface area (Å²) in [6.07, 6.45) is 3.04. The molecule has 7 nitrogen and oxygen atoms in total.